The molecule has 41 heteroatoms. The second-order valence-electron chi connectivity index (χ2n) is 40.1. The minimum atomic E-state index is -4.32. The number of sulfonamides is 3. The fourth-order valence-corrected chi connectivity index (χ4v) is 24.0. The number of ether oxygens (including phenoxy) is 4. The SMILES string of the molecule is CCOc1ccc(C)cc1-c1ccc(C(=O)NS(=O)(=O)c2cccnc2N(C)C)c(N2CC[C@H](C)C2)n1.CN[C@H]1CCN(S(=O)(=O)NC(=O)c2ccc(-c3ccc(C)cc3F)nc2N2C[C@@H](C)CC2(C)C)C1.CNc1cccc(S(=O)(=O)NC(=O)c2cc(F)c(OC(C)C3CCCC3)nc2N2C[C@@H](C)CC2(C)C)n1.COc1ccccc1COc1cccc(S(=O)(=O)NC(=O)c2cccnc2N2CC(C)CC2(C)C)n1. The highest BCUT2D eigenvalue weighted by Crippen LogP contribution is 2.44. The molecule has 12 heterocycles. The van der Waals surface area contributed by atoms with E-state index in [0.29, 0.717) is 121 Å². The van der Waals surface area contributed by atoms with Gasteiger partial charge in [-0.25, -0.2) is 61.0 Å². The van der Waals surface area contributed by atoms with Gasteiger partial charge >= 0.3 is 10.2 Å². The van der Waals surface area contributed by atoms with Crippen LogP contribution in [0.1, 0.15) is 199 Å². The van der Waals surface area contributed by atoms with Crippen LogP contribution in [-0.4, -0.2) is 213 Å². The number of rotatable bonds is 30. The number of likely N-dealkylation sites (N-methyl/N-ethyl adjacent to an activating group) is 1. The Bertz CT molecular complexity index is 6880. The minimum Gasteiger partial charge on any atom is -0.496 e. The van der Waals surface area contributed by atoms with Crippen molar-refractivity contribution in [2.75, 3.05) is 118 Å². The van der Waals surface area contributed by atoms with Crippen LogP contribution in [0.2, 0.25) is 0 Å². The van der Waals surface area contributed by atoms with Crippen molar-refractivity contribution in [2.45, 2.75) is 205 Å². The quantitative estimate of drug-likeness (QED) is 0.0243. The lowest BCUT2D eigenvalue weighted by molar-refractivity contribution is 0.0970. The summed E-state index contributed by atoms with van der Waals surface area (Å²) in [6, 6.07) is 40.6. The highest BCUT2D eigenvalue weighted by atomic mass is 32.2. The first-order valence-corrected chi connectivity index (χ1v) is 54.5. The van der Waals surface area contributed by atoms with Gasteiger partial charge in [-0.2, -0.15) is 39.5 Å². The number of hydrogen-bond acceptors (Lipinski definition) is 30. The van der Waals surface area contributed by atoms with Crippen LogP contribution >= 0.6 is 0 Å². The second-order valence-corrected chi connectivity index (χ2v) is 46.7. The van der Waals surface area contributed by atoms with E-state index in [0.717, 1.165) is 99.3 Å². The van der Waals surface area contributed by atoms with E-state index in [1.165, 1.54) is 53.0 Å². The third kappa shape index (κ3) is 26.4. The van der Waals surface area contributed by atoms with Gasteiger partial charge in [0, 0.05) is 125 Å². The Morgan fingerprint density at radius 1 is 0.503 bits per heavy atom. The van der Waals surface area contributed by atoms with Gasteiger partial charge < -0.3 is 54.1 Å². The number of carbonyl (C=O) groups is 4. The summed E-state index contributed by atoms with van der Waals surface area (Å²) in [5, 5.41) is 5.18. The topological polar surface area (TPSA) is 424 Å². The summed E-state index contributed by atoms with van der Waals surface area (Å²) < 4.78 is 167. The molecule has 16 rings (SSSR count). The predicted octanol–water partition coefficient (Wildman–Crippen LogP) is 15.1. The smallest absolute Gasteiger partial charge is 0.304 e. The molecule has 6 aliphatic rings. The van der Waals surface area contributed by atoms with Crippen molar-refractivity contribution in [3.05, 3.63) is 215 Å². The predicted molar refractivity (Wildman–Crippen MR) is 555 cm³/mol. The molecule has 1 saturated carbocycles. The molecule has 2 unspecified atom stereocenters. The zero-order valence-corrected chi connectivity index (χ0v) is 88.9. The molecule has 145 heavy (non-hydrogen) atoms. The number of carbonyl (C=O) groups excluding carboxylic acids is 4. The molecule has 7 aromatic heterocycles. The summed E-state index contributed by atoms with van der Waals surface area (Å²) in [5.41, 5.74) is 4.29. The molecule has 6 atom stereocenters. The molecule has 4 amide bonds. The van der Waals surface area contributed by atoms with E-state index in [1.807, 2.05) is 103 Å². The number of methoxy groups -OCH3 is 1. The largest absolute Gasteiger partial charge is 0.496 e. The molecular formula is C104H133F2N19O16S4. The van der Waals surface area contributed by atoms with Crippen molar-refractivity contribution in [3.8, 4) is 45.8 Å². The molecule has 35 nitrogen and oxygen atoms in total. The van der Waals surface area contributed by atoms with Gasteiger partial charge in [-0.05, 0) is 260 Å². The highest BCUT2D eigenvalue weighted by molar-refractivity contribution is 7.90. The maximum absolute atomic E-state index is 15.3. The number of para-hydroxylation sites is 1. The standard InChI is InChI=1S/C27H33N5O4S.C26H36FN5O4S.C26H30N4O5S.C25H34FN5O3S/c1-6-36-23-12-9-18(2)16-21(23)22-11-10-20(25(29-22)32-15-13-19(3)17-32)27(33)30-37(34,35)24-8-7-14-28-26(24)31(4)5;1-16-14-26(3,4)32(15-16)23-19(13-20(27)25(30-23)36-17(2)18-9-6-7-10-18)24(33)31-37(34,35)22-12-8-11-21(28-5)29-22;1-18-15-26(2,3)30(16-18)24-20(10-8-14-27-24)25(31)29-36(32,33)23-13-7-12-22(28-23)35-17-19-9-5-6-11-21(19)34-4;1-16-6-7-19(21(26)12-16)22-9-8-20(23(28-22)31-14-17(2)13-25(31,3)4)24(32)29-35(33,34)30-11-10-18(15-30)27-5/h7-12,14,16,19H,6,13,15,17H2,1-5H3,(H,30,33);8,11-13,16-18H,6-7,9-10,14-15H2,1-5H3,(H,28,29)(H,31,33);5-14,18H,15-17H2,1-4H3,(H,29,31);6-9,12,17-18,27H,10-11,13-15H2,1-5H3,(H,29,32)/t19-;16-,17?;;17-,18-/m00.0/s1. The van der Waals surface area contributed by atoms with Gasteiger partial charge in [0.05, 0.1) is 47.4 Å². The monoisotopic (exact) mass is 2070 g/mol. The van der Waals surface area contributed by atoms with E-state index in [4.69, 9.17) is 28.9 Å². The lowest BCUT2D eigenvalue weighted by Crippen LogP contribution is -2.45. The first-order chi connectivity index (χ1) is 68.5. The van der Waals surface area contributed by atoms with Crippen molar-refractivity contribution < 1.29 is 80.6 Å². The second kappa shape index (κ2) is 45.9. The number of nitrogens with zero attached hydrogens (tertiary/aromatic N) is 13. The third-order valence-corrected chi connectivity index (χ3v) is 32.0. The number of halogens is 2. The molecular weight excluding hydrogens is 1940 g/mol. The molecule has 6 fully saturated rings. The van der Waals surface area contributed by atoms with E-state index in [-0.39, 0.29) is 96.0 Å². The lowest BCUT2D eigenvalue weighted by atomic mass is 9.97. The summed E-state index contributed by atoms with van der Waals surface area (Å²) >= 11 is 0. The van der Waals surface area contributed by atoms with E-state index in [2.05, 4.69) is 110 Å². The molecule has 5 saturated heterocycles. The molecule has 10 aromatic rings. The van der Waals surface area contributed by atoms with E-state index >= 15 is 4.39 Å². The molecule has 6 N–H and O–H groups in total. The van der Waals surface area contributed by atoms with Gasteiger partial charge in [-0.15, -0.1) is 0 Å². The summed E-state index contributed by atoms with van der Waals surface area (Å²) in [4.78, 5) is 93.6. The Kier molecular flexibility index (Phi) is 34.6. The van der Waals surface area contributed by atoms with Gasteiger partial charge in [0.2, 0.25) is 5.88 Å². The van der Waals surface area contributed by atoms with E-state index < -0.39 is 75.5 Å². The van der Waals surface area contributed by atoms with Crippen LogP contribution in [0.25, 0.3) is 22.5 Å². The fraction of sp³-hybridized carbons (Fsp3) is 0.452. The van der Waals surface area contributed by atoms with Crippen LogP contribution in [0.3, 0.4) is 0 Å². The molecule has 0 spiro atoms. The minimum absolute atomic E-state index is 0.0504. The number of hydrogen-bond donors (Lipinski definition) is 6. The van der Waals surface area contributed by atoms with Gasteiger partial charge in [0.1, 0.15) is 69.8 Å². The highest BCUT2D eigenvalue weighted by Gasteiger charge is 2.45. The van der Waals surface area contributed by atoms with Crippen molar-refractivity contribution in [1.82, 2.24) is 63.4 Å². The Hall–Kier alpha value is -12.8. The zero-order chi connectivity index (χ0) is 105. The summed E-state index contributed by atoms with van der Waals surface area (Å²) in [6.45, 7) is 33.2. The van der Waals surface area contributed by atoms with E-state index in [9.17, 15) is 57.2 Å². The Morgan fingerprint density at radius 2 is 1.05 bits per heavy atom. The Morgan fingerprint density at radius 3 is 1.63 bits per heavy atom. The fourth-order valence-electron chi connectivity index (χ4n) is 19.7. The number of nitrogens with one attached hydrogen (secondary N) is 6. The van der Waals surface area contributed by atoms with Gasteiger partial charge in [0.15, 0.2) is 15.9 Å². The molecule has 0 bridgehead atoms. The number of anilines is 6. The maximum atomic E-state index is 15.3. The normalized spacial score (nSPS) is 18.9. The van der Waals surface area contributed by atoms with Crippen LogP contribution < -0.4 is 73.0 Å². The average Bonchev–Trinajstić information content (AvgIpc) is 1.67. The molecule has 3 aromatic carbocycles. The zero-order valence-electron chi connectivity index (χ0n) is 85.6. The number of amides is 4. The average molecular weight is 2070 g/mol. The maximum Gasteiger partial charge on any atom is 0.304 e. The van der Waals surface area contributed by atoms with Crippen LogP contribution in [0.4, 0.5) is 43.7 Å². The van der Waals surface area contributed by atoms with Crippen LogP contribution in [-0.2, 0) is 46.9 Å². The number of aromatic nitrogens is 7. The van der Waals surface area contributed by atoms with E-state index in [1.54, 1.807) is 107 Å². The van der Waals surface area contributed by atoms with Gasteiger partial charge in [-0.3, -0.25) is 19.2 Å². The molecule has 1 aliphatic carbocycles. The Labute approximate surface area is 850 Å². The van der Waals surface area contributed by atoms with Gasteiger partial charge in [0.25, 0.3) is 59.6 Å². The molecule has 0 radical (unpaired) electrons. The number of pyridine rings is 7. The Balaban J connectivity index is 0.000000162. The number of aryl methyl sites for hydroxylation is 2. The summed E-state index contributed by atoms with van der Waals surface area (Å²) in [7, 11) is -8.45. The summed E-state index contributed by atoms with van der Waals surface area (Å²) in [6.07, 6.45) is 11.5. The van der Waals surface area contributed by atoms with Crippen molar-refractivity contribution in [2.24, 2.45) is 29.6 Å². The first-order valence-electron chi connectivity index (χ1n) is 48.7. The lowest BCUT2D eigenvalue weighted by Gasteiger charge is -2.34. The van der Waals surface area contributed by atoms with Gasteiger partial charge in [-0.1, -0.05) is 88.6 Å². The third-order valence-electron chi connectivity index (χ3n) is 26.7. The molecule has 5 aliphatic heterocycles. The summed E-state index contributed by atoms with van der Waals surface area (Å²) in [5.74, 6) is 0.723. The van der Waals surface area contributed by atoms with Crippen molar-refractivity contribution >= 4 is 98.8 Å². The van der Waals surface area contributed by atoms with Crippen molar-refractivity contribution in [3.63, 3.8) is 0 Å². The van der Waals surface area contributed by atoms with Crippen LogP contribution in [0.15, 0.2) is 179 Å². The van der Waals surface area contributed by atoms with Crippen LogP contribution in [0, 0.1) is 55.1 Å². The van der Waals surface area contributed by atoms with Crippen LogP contribution in [0.5, 0.6) is 23.3 Å². The first kappa shape index (κ1) is 109. The van der Waals surface area contributed by atoms with Crippen molar-refractivity contribution in [1.29, 1.82) is 0 Å². The number of benzene rings is 3. The molecule has 778 valence electrons.